The minimum Gasteiger partial charge on any atom is -0.508 e. The third kappa shape index (κ3) is 5.22. The van der Waals surface area contributed by atoms with Gasteiger partial charge in [0.1, 0.15) is 5.75 Å². The lowest BCUT2D eigenvalue weighted by Gasteiger charge is -2.09. The van der Waals surface area contributed by atoms with E-state index in [1.165, 1.54) is 29.4 Å². The zero-order chi connectivity index (χ0) is 16.5. The summed E-state index contributed by atoms with van der Waals surface area (Å²) >= 11 is 0. The van der Waals surface area contributed by atoms with Crippen LogP contribution in [-0.4, -0.2) is 24.7 Å². The molecule has 0 fully saturated rings. The molecule has 118 valence electrons. The minimum atomic E-state index is -0.380. The Labute approximate surface area is 131 Å². The van der Waals surface area contributed by atoms with Gasteiger partial charge in [0.15, 0.2) is 0 Å². The Morgan fingerprint density at radius 3 is 2.27 bits per heavy atom. The fourth-order valence-corrected chi connectivity index (χ4v) is 1.97. The van der Waals surface area contributed by atoms with Crippen molar-refractivity contribution in [3.8, 4) is 16.9 Å². The standard InChI is InChI=1S/C15H16O.C3H7NO2/c1-3-12-10-14(16)8-9-15(12)13-6-4-11(2)5-7-13;1-6-3(5)2-4/h4-10,16H,3H2,1-2H3;2,4H2,1H3. The van der Waals surface area contributed by atoms with Crippen molar-refractivity contribution in [2.24, 2.45) is 5.73 Å². The van der Waals surface area contributed by atoms with Gasteiger partial charge in [0.25, 0.3) is 0 Å². The fourth-order valence-electron chi connectivity index (χ4n) is 1.97. The molecule has 3 N–H and O–H groups in total. The molecule has 0 unspecified atom stereocenters. The van der Waals surface area contributed by atoms with Crippen molar-refractivity contribution < 1.29 is 14.6 Å². The largest absolute Gasteiger partial charge is 0.508 e. The molecule has 4 heteroatoms. The molecule has 0 bridgehead atoms. The Balaban J connectivity index is 0.000000346. The molecule has 0 aliphatic heterocycles. The number of nitrogens with two attached hydrogens (primary N) is 1. The number of carbonyl (C=O) groups is 1. The van der Waals surface area contributed by atoms with Crippen LogP contribution in [0.1, 0.15) is 18.1 Å². The lowest BCUT2D eigenvalue weighted by Crippen LogP contribution is -2.14. The predicted molar refractivity (Wildman–Crippen MR) is 88.7 cm³/mol. The Morgan fingerprint density at radius 1 is 1.18 bits per heavy atom. The topological polar surface area (TPSA) is 72.5 Å². The molecule has 0 aliphatic rings. The monoisotopic (exact) mass is 301 g/mol. The van der Waals surface area contributed by atoms with E-state index in [0.29, 0.717) is 5.75 Å². The second kappa shape index (κ2) is 8.85. The van der Waals surface area contributed by atoms with Crippen LogP contribution in [-0.2, 0) is 16.0 Å². The molecule has 0 aromatic heterocycles. The zero-order valence-electron chi connectivity index (χ0n) is 13.3. The summed E-state index contributed by atoms with van der Waals surface area (Å²) in [6.07, 6.45) is 0.928. The number of aromatic hydroxyl groups is 1. The van der Waals surface area contributed by atoms with E-state index in [1.807, 2.05) is 12.1 Å². The third-order valence-electron chi connectivity index (χ3n) is 3.23. The summed E-state index contributed by atoms with van der Waals surface area (Å²) in [4.78, 5) is 9.83. The van der Waals surface area contributed by atoms with E-state index < -0.39 is 0 Å². The molecular formula is C18H23NO3. The number of hydrogen-bond acceptors (Lipinski definition) is 4. The molecule has 0 heterocycles. The fraction of sp³-hybridized carbons (Fsp3) is 0.278. The van der Waals surface area contributed by atoms with Gasteiger partial charge in [-0.3, -0.25) is 4.79 Å². The Hall–Kier alpha value is -2.33. The lowest BCUT2D eigenvalue weighted by atomic mass is 9.97. The predicted octanol–water partition coefficient (Wildman–Crippen LogP) is 3.05. The highest BCUT2D eigenvalue weighted by Gasteiger charge is 2.04. The normalized spacial score (nSPS) is 9.64. The number of carbonyl (C=O) groups excluding carboxylic acids is 1. The first-order valence-corrected chi connectivity index (χ1v) is 7.17. The van der Waals surface area contributed by atoms with Crippen LogP contribution >= 0.6 is 0 Å². The van der Waals surface area contributed by atoms with E-state index in [4.69, 9.17) is 5.73 Å². The summed E-state index contributed by atoms with van der Waals surface area (Å²) in [5, 5.41) is 9.46. The Morgan fingerprint density at radius 2 is 1.82 bits per heavy atom. The Bertz CT molecular complexity index is 600. The number of esters is 1. The van der Waals surface area contributed by atoms with Crippen LogP contribution in [0.2, 0.25) is 0 Å². The van der Waals surface area contributed by atoms with Crippen molar-refractivity contribution in [3.63, 3.8) is 0 Å². The minimum absolute atomic E-state index is 0.0312. The van der Waals surface area contributed by atoms with Gasteiger partial charge < -0.3 is 15.6 Å². The van der Waals surface area contributed by atoms with Crippen LogP contribution in [0.15, 0.2) is 42.5 Å². The maximum absolute atomic E-state index is 9.83. The number of phenols is 1. The second-order valence-corrected chi connectivity index (χ2v) is 4.84. The molecule has 0 aliphatic carbocycles. The number of aryl methyl sites for hydroxylation is 2. The van der Waals surface area contributed by atoms with Gasteiger partial charge in [0, 0.05) is 0 Å². The van der Waals surface area contributed by atoms with Gasteiger partial charge in [-0.05, 0) is 42.2 Å². The molecule has 4 nitrogen and oxygen atoms in total. The summed E-state index contributed by atoms with van der Waals surface area (Å²) in [7, 11) is 1.30. The maximum atomic E-state index is 9.83. The molecule has 2 aromatic carbocycles. The zero-order valence-corrected chi connectivity index (χ0v) is 13.3. The molecule has 0 saturated carbocycles. The molecule has 0 amide bonds. The average Bonchev–Trinajstić information content (AvgIpc) is 2.55. The van der Waals surface area contributed by atoms with E-state index in [-0.39, 0.29) is 12.5 Å². The summed E-state index contributed by atoms with van der Waals surface area (Å²) in [6, 6.07) is 14.0. The second-order valence-electron chi connectivity index (χ2n) is 4.84. The van der Waals surface area contributed by atoms with Crippen molar-refractivity contribution in [1.82, 2.24) is 0 Å². The summed E-state index contributed by atoms with van der Waals surface area (Å²) in [6.45, 7) is 4.16. The van der Waals surface area contributed by atoms with Gasteiger partial charge >= 0.3 is 5.97 Å². The van der Waals surface area contributed by atoms with Crippen molar-refractivity contribution in [2.75, 3.05) is 13.7 Å². The summed E-state index contributed by atoms with van der Waals surface area (Å²) < 4.78 is 4.14. The molecule has 2 aromatic rings. The molecule has 0 radical (unpaired) electrons. The van der Waals surface area contributed by atoms with E-state index in [0.717, 1.165) is 6.42 Å². The molecule has 0 saturated heterocycles. The lowest BCUT2D eigenvalue weighted by molar-refractivity contribution is -0.138. The number of methoxy groups -OCH3 is 1. The van der Waals surface area contributed by atoms with Crippen LogP contribution in [0.25, 0.3) is 11.1 Å². The number of hydrogen-bond donors (Lipinski definition) is 2. The summed E-state index contributed by atoms with van der Waals surface area (Å²) in [5.74, 6) is -0.0392. The first kappa shape index (κ1) is 17.7. The van der Waals surface area contributed by atoms with E-state index in [2.05, 4.69) is 42.8 Å². The van der Waals surface area contributed by atoms with Crippen LogP contribution < -0.4 is 5.73 Å². The van der Waals surface area contributed by atoms with Gasteiger partial charge in [0.2, 0.25) is 0 Å². The van der Waals surface area contributed by atoms with Crippen molar-refractivity contribution in [3.05, 3.63) is 53.6 Å². The third-order valence-corrected chi connectivity index (χ3v) is 3.23. The average molecular weight is 301 g/mol. The van der Waals surface area contributed by atoms with Crippen molar-refractivity contribution in [2.45, 2.75) is 20.3 Å². The molecule has 0 atom stereocenters. The highest BCUT2D eigenvalue weighted by molar-refractivity contribution is 5.71. The Kier molecular flexibility index (Phi) is 7.13. The smallest absolute Gasteiger partial charge is 0.319 e. The molecule has 0 spiro atoms. The van der Waals surface area contributed by atoms with Gasteiger partial charge in [-0.15, -0.1) is 0 Å². The van der Waals surface area contributed by atoms with Crippen LogP contribution in [0.4, 0.5) is 0 Å². The maximum Gasteiger partial charge on any atom is 0.319 e. The van der Waals surface area contributed by atoms with E-state index >= 15 is 0 Å². The van der Waals surface area contributed by atoms with Crippen LogP contribution in [0, 0.1) is 6.92 Å². The molecule has 2 rings (SSSR count). The van der Waals surface area contributed by atoms with Crippen LogP contribution in [0.5, 0.6) is 5.75 Å². The highest BCUT2D eigenvalue weighted by atomic mass is 16.5. The first-order chi connectivity index (χ1) is 10.5. The SMILES string of the molecule is CCc1cc(O)ccc1-c1ccc(C)cc1.COC(=O)CN. The number of phenolic OH excluding ortho intramolecular Hbond substituents is 1. The van der Waals surface area contributed by atoms with Crippen molar-refractivity contribution >= 4 is 5.97 Å². The number of rotatable bonds is 3. The quantitative estimate of drug-likeness (QED) is 0.855. The van der Waals surface area contributed by atoms with E-state index in [9.17, 15) is 9.90 Å². The number of ether oxygens (including phenoxy) is 1. The van der Waals surface area contributed by atoms with Gasteiger partial charge in [0.05, 0.1) is 13.7 Å². The van der Waals surface area contributed by atoms with Gasteiger partial charge in [-0.2, -0.15) is 0 Å². The van der Waals surface area contributed by atoms with Crippen LogP contribution in [0.3, 0.4) is 0 Å². The summed E-state index contributed by atoms with van der Waals surface area (Å²) in [5.41, 5.74) is 9.68. The van der Waals surface area contributed by atoms with Gasteiger partial charge in [-0.1, -0.05) is 42.8 Å². The highest BCUT2D eigenvalue weighted by Crippen LogP contribution is 2.27. The molecule has 22 heavy (non-hydrogen) atoms. The van der Waals surface area contributed by atoms with E-state index in [1.54, 1.807) is 6.07 Å². The van der Waals surface area contributed by atoms with Gasteiger partial charge in [-0.25, -0.2) is 0 Å². The number of benzene rings is 2. The molecular weight excluding hydrogens is 278 g/mol. The first-order valence-electron chi connectivity index (χ1n) is 7.17. The van der Waals surface area contributed by atoms with Crippen molar-refractivity contribution in [1.29, 1.82) is 0 Å².